The largest absolute Gasteiger partial charge is 1.00 e. The van der Waals surface area contributed by atoms with E-state index in [1.54, 1.807) is 41.6 Å². The molecule has 1 aliphatic rings. The Morgan fingerprint density at radius 1 is 1.29 bits per heavy atom. The summed E-state index contributed by atoms with van der Waals surface area (Å²) in [6, 6.07) is 4.83. The highest BCUT2D eigenvalue weighted by Gasteiger charge is 2.41. The molecule has 0 radical (unpaired) electrons. The fourth-order valence-corrected chi connectivity index (χ4v) is 3.52. The Balaban J connectivity index is 0.00000272. The first-order valence-electron chi connectivity index (χ1n) is 9.52. The van der Waals surface area contributed by atoms with Crippen molar-refractivity contribution >= 4 is 17.5 Å². The smallest absolute Gasteiger partial charge is 0.295 e. The first-order valence-corrected chi connectivity index (χ1v) is 9.52. The van der Waals surface area contributed by atoms with Crippen LogP contribution >= 0.6 is 0 Å². The number of anilines is 3. The van der Waals surface area contributed by atoms with Crippen molar-refractivity contribution in [3.05, 3.63) is 43.0 Å². The predicted octanol–water partition coefficient (Wildman–Crippen LogP) is -3.25. The van der Waals surface area contributed by atoms with E-state index >= 15 is 0 Å². The monoisotopic (exact) mass is 449 g/mol. The number of rotatable bonds is 7. The molecule has 0 saturated heterocycles. The van der Waals surface area contributed by atoms with Crippen LogP contribution in [-0.2, 0) is 0 Å². The average Bonchev–Trinajstić information content (AvgIpc) is 3.38. The summed E-state index contributed by atoms with van der Waals surface area (Å²) < 4.78 is 6.86. The van der Waals surface area contributed by atoms with E-state index in [0.29, 0.717) is 35.4 Å². The Morgan fingerprint density at radius 2 is 2.13 bits per heavy atom. The standard InChI is InChI=1S/C19H23N7O4.ClH/c1-30-15-8-12(3-5-20-15)23-19-21-9-14(26-6-2-4-22-26)18(25-19)24-13-7-11(10-27)16(28)17(13)29;/h2-6,8-9,11,13,16-17,27-29H,7,10H2,1H3,(H2,20,21,23,24,25);1H/t11-,13-,16-,17+;/m1./s1. The van der Waals surface area contributed by atoms with Gasteiger partial charge in [-0.15, -0.1) is 0 Å². The lowest BCUT2D eigenvalue weighted by molar-refractivity contribution is -0.654. The van der Waals surface area contributed by atoms with E-state index in [2.05, 4.69) is 30.7 Å². The Morgan fingerprint density at radius 3 is 2.81 bits per heavy atom. The van der Waals surface area contributed by atoms with Gasteiger partial charge in [0.05, 0.1) is 25.5 Å². The second-order valence-corrected chi connectivity index (χ2v) is 7.06. The first kappa shape index (κ1) is 22.7. The Labute approximate surface area is 184 Å². The summed E-state index contributed by atoms with van der Waals surface area (Å²) in [5.74, 6) is 0.835. The van der Waals surface area contributed by atoms with Gasteiger partial charge in [-0.3, -0.25) is 0 Å². The van der Waals surface area contributed by atoms with Crippen LogP contribution in [0.3, 0.4) is 0 Å². The highest BCUT2D eigenvalue weighted by molar-refractivity contribution is 5.59. The molecular formula is C19H24ClN7O4. The lowest BCUT2D eigenvalue weighted by Gasteiger charge is -2.19. The number of aromatic amines is 1. The van der Waals surface area contributed by atoms with E-state index in [1.165, 1.54) is 7.11 Å². The van der Waals surface area contributed by atoms with Gasteiger partial charge in [0.15, 0.2) is 0 Å². The summed E-state index contributed by atoms with van der Waals surface area (Å²) >= 11 is 0. The van der Waals surface area contributed by atoms with Gasteiger partial charge in [-0.1, -0.05) is 4.68 Å². The first-order chi connectivity index (χ1) is 14.6. The maximum atomic E-state index is 10.4. The molecule has 4 rings (SSSR count). The van der Waals surface area contributed by atoms with Crippen LogP contribution in [0.25, 0.3) is 5.69 Å². The lowest BCUT2D eigenvalue weighted by Crippen LogP contribution is -3.00. The van der Waals surface area contributed by atoms with Crippen LogP contribution in [0.4, 0.5) is 17.5 Å². The Hall–Kier alpha value is -2.99. The molecule has 0 bridgehead atoms. The summed E-state index contributed by atoms with van der Waals surface area (Å²) in [6.45, 7) is -0.199. The van der Waals surface area contributed by atoms with E-state index in [9.17, 15) is 15.3 Å². The van der Waals surface area contributed by atoms with Crippen LogP contribution in [0, 0.1) is 5.92 Å². The van der Waals surface area contributed by atoms with Gasteiger partial charge in [-0.25, -0.2) is 9.97 Å². The zero-order valence-electron chi connectivity index (χ0n) is 16.7. The molecule has 0 unspecified atom stereocenters. The Bertz CT molecular complexity index is 991. The predicted molar refractivity (Wildman–Crippen MR) is 107 cm³/mol. The van der Waals surface area contributed by atoms with Crippen LogP contribution < -0.4 is 32.5 Å². The van der Waals surface area contributed by atoms with Gasteiger partial charge in [0.25, 0.3) is 5.69 Å². The maximum absolute atomic E-state index is 10.4. The maximum Gasteiger partial charge on any atom is 0.295 e. The quantitative estimate of drug-likeness (QED) is 0.204. The third-order valence-corrected chi connectivity index (χ3v) is 5.13. The molecule has 1 fully saturated rings. The number of hydrogen-bond donors (Lipinski definition) is 6. The summed E-state index contributed by atoms with van der Waals surface area (Å²) in [4.78, 5) is 13.0. The molecule has 12 heteroatoms. The van der Waals surface area contributed by atoms with E-state index in [1.807, 2.05) is 6.07 Å². The molecule has 166 valence electrons. The number of nitrogens with one attached hydrogen (secondary N) is 3. The minimum absolute atomic E-state index is 0. The van der Waals surface area contributed by atoms with Gasteiger partial charge in [0.1, 0.15) is 12.3 Å². The fourth-order valence-electron chi connectivity index (χ4n) is 3.52. The molecule has 3 heterocycles. The van der Waals surface area contributed by atoms with E-state index in [-0.39, 0.29) is 19.0 Å². The van der Waals surface area contributed by atoms with Crippen molar-refractivity contribution in [2.75, 3.05) is 24.4 Å². The number of halogens is 1. The van der Waals surface area contributed by atoms with Crippen LogP contribution in [-0.4, -0.2) is 67.3 Å². The van der Waals surface area contributed by atoms with Gasteiger partial charge in [0.2, 0.25) is 23.8 Å². The number of pyridine rings is 1. The topological polar surface area (TPSA) is 152 Å². The molecule has 4 atom stereocenters. The lowest BCUT2D eigenvalue weighted by atomic mass is 10.1. The number of nitrogens with zero attached hydrogens (tertiary/aromatic N) is 4. The van der Waals surface area contributed by atoms with Gasteiger partial charge in [-0.2, -0.15) is 10.1 Å². The number of aliphatic hydroxyl groups is 3. The summed E-state index contributed by atoms with van der Waals surface area (Å²) in [6.07, 6.45) is 5.18. The van der Waals surface area contributed by atoms with Crippen molar-refractivity contribution in [1.29, 1.82) is 0 Å². The minimum Gasteiger partial charge on any atom is -1.00 e. The molecule has 11 nitrogen and oxygen atoms in total. The van der Waals surface area contributed by atoms with Crippen molar-refractivity contribution in [2.24, 2.45) is 5.92 Å². The van der Waals surface area contributed by atoms with E-state index in [4.69, 9.17) is 4.74 Å². The van der Waals surface area contributed by atoms with Crippen LogP contribution in [0.15, 0.2) is 43.0 Å². The summed E-state index contributed by atoms with van der Waals surface area (Å²) in [5.41, 5.74) is 1.33. The summed E-state index contributed by atoms with van der Waals surface area (Å²) in [5, 5.41) is 39.3. The minimum atomic E-state index is -1.03. The average molecular weight is 450 g/mol. The van der Waals surface area contributed by atoms with Gasteiger partial charge < -0.3 is 43.1 Å². The molecule has 1 aliphatic carbocycles. The highest BCUT2D eigenvalue weighted by Crippen LogP contribution is 2.30. The number of aromatic nitrogens is 5. The zero-order valence-corrected chi connectivity index (χ0v) is 17.4. The van der Waals surface area contributed by atoms with E-state index in [0.717, 1.165) is 0 Å². The molecule has 31 heavy (non-hydrogen) atoms. The molecule has 0 spiro atoms. The van der Waals surface area contributed by atoms with Gasteiger partial charge in [0, 0.05) is 36.5 Å². The molecule has 3 aromatic heterocycles. The van der Waals surface area contributed by atoms with E-state index < -0.39 is 24.2 Å². The molecule has 0 amide bonds. The number of H-pyrrole nitrogens is 1. The fraction of sp³-hybridized carbons (Fsp3) is 0.368. The van der Waals surface area contributed by atoms with Crippen molar-refractivity contribution in [3.63, 3.8) is 0 Å². The third kappa shape index (κ3) is 4.85. The summed E-state index contributed by atoms with van der Waals surface area (Å²) in [7, 11) is 1.54. The second kappa shape index (κ2) is 9.88. The SMILES string of the molecule is COc1cc(Nc2ncc(-[n+]3ccc[nH]3)c(N[C@@H]3C[C@H](CO)[C@@H](O)[C@H]3O)n2)ccn1.[Cl-]. The molecule has 6 N–H and O–H groups in total. The third-order valence-electron chi connectivity index (χ3n) is 5.13. The second-order valence-electron chi connectivity index (χ2n) is 7.06. The van der Waals surface area contributed by atoms with Crippen molar-refractivity contribution in [3.8, 4) is 11.6 Å². The molecule has 0 aromatic carbocycles. The molecular weight excluding hydrogens is 426 g/mol. The highest BCUT2D eigenvalue weighted by atomic mass is 35.5. The number of methoxy groups -OCH3 is 1. The van der Waals surface area contributed by atoms with Crippen LogP contribution in [0.2, 0.25) is 0 Å². The van der Waals surface area contributed by atoms with Crippen molar-refractivity contribution < 1.29 is 37.1 Å². The van der Waals surface area contributed by atoms with Crippen LogP contribution in [0.5, 0.6) is 5.88 Å². The molecule has 1 saturated carbocycles. The van der Waals surface area contributed by atoms with Crippen molar-refractivity contribution in [1.82, 2.24) is 20.1 Å². The number of aliphatic hydroxyl groups excluding tert-OH is 3. The van der Waals surface area contributed by atoms with Crippen LogP contribution in [0.1, 0.15) is 6.42 Å². The Kier molecular flexibility index (Phi) is 7.23. The molecule has 0 aliphatic heterocycles. The van der Waals surface area contributed by atoms with Gasteiger partial charge >= 0.3 is 0 Å². The number of ether oxygens (including phenoxy) is 1. The normalized spacial score (nSPS) is 22.6. The van der Waals surface area contributed by atoms with Gasteiger partial charge in [-0.05, 0) is 12.5 Å². The number of hydrogen-bond acceptors (Lipinski definition) is 9. The van der Waals surface area contributed by atoms with Crippen molar-refractivity contribution in [2.45, 2.75) is 24.7 Å². The zero-order chi connectivity index (χ0) is 21.1. The molecule has 3 aromatic rings.